The van der Waals surface area contributed by atoms with Crippen LogP contribution in [0.3, 0.4) is 0 Å². The maximum absolute atomic E-state index is 11.7. The largest absolute Gasteiger partial charge is 0.391 e. The van der Waals surface area contributed by atoms with Gasteiger partial charge < -0.3 is 10.4 Å². The van der Waals surface area contributed by atoms with Gasteiger partial charge in [0.2, 0.25) is 11.1 Å². The minimum absolute atomic E-state index is 0.144. The monoisotopic (exact) mass is 306 g/mol. The van der Waals surface area contributed by atoms with Gasteiger partial charge in [0.25, 0.3) is 0 Å². The Balaban J connectivity index is 1.66. The van der Waals surface area contributed by atoms with Crippen molar-refractivity contribution in [3.63, 3.8) is 0 Å². The summed E-state index contributed by atoms with van der Waals surface area (Å²) in [5.41, 5.74) is 1.05. The maximum Gasteiger partial charge on any atom is 0.230 e. The van der Waals surface area contributed by atoms with Crippen LogP contribution in [0.4, 0.5) is 0 Å². The van der Waals surface area contributed by atoms with Crippen LogP contribution in [0.5, 0.6) is 0 Å². The van der Waals surface area contributed by atoms with E-state index in [4.69, 9.17) is 0 Å². The maximum atomic E-state index is 11.7. The highest BCUT2D eigenvalue weighted by atomic mass is 32.2. The molecular formula is C14H18N4O2S. The van der Waals surface area contributed by atoms with Gasteiger partial charge in [0, 0.05) is 13.0 Å². The molecule has 7 heteroatoms. The molecule has 0 unspecified atom stereocenters. The van der Waals surface area contributed by atoms with E-state index in [2.05, 4.69) is 20.5 Å². The Labute approximate surface area is 127 Å². The van der Waals surface area contributed by atoms with Gasteiger partial charge in [0.15, 0.2) is 0 Å². The molecule has 0 aliphatic rings. The standard InChI is InChI=1S/C14H18N4O2S/c1-10-16-14(18-17-10)21-9-13(20)15-8-12(19)7-11-5-3-2-4-6-11/h2-6,12,19H,7-9H2,1H3,(H,15,20)(H,16,17,18)/t12-/m0/s1. The van der Waals surface area contributed by atoms with Gasteiger partial charge in [-0.05, 0) is 12.5 Å². The summed E-state index contributed by atoms with van der Waals surface area (Å²) in [6.45, 7) is 2.04. The third-order valence-electron chi connectivity index (χ3n) is 2.76. The van der Waals surface area contributed by atoms with E-state index in [1.54, 1.807) is 6.92 Å². The summed E-state index contributed by atoms with van der Waals surface area (Å²) < 4.78 is 0. The Morgan fingerprint density at radius 3 is 2.86 bits per heavy atom. The number of thioether (sulfide) groups is 1. The second-order valence-corrected chi connectivity index (χ2v) is 5.58. The third kappa shape index (κ3) is 5.57. The van der Waals surface area contributed by atoms with Crippen LogP contribution in [-0.4, -0.2) is 44.6 Å². The number of carbonyl (C=O) groups is 1. The van der Waals surface area contributed by atoms with Gasteiger partial charge in [-0.3, -0.25) is 9.89 Å². The molecule has 0 bridgehead atoms. The van der Waals surface area contributed by atoms with Gasteiger partial charge in [-0.25, -0.2) is 4.98 Å². The van der Waals surface area contributed by atoms with Crippen LogP contribution in [0.1, 0.15) is 11.4 Å². The second kappa shape index (κ2) is 7.80. The normalized spacial score (nSPS) is 12.1. The molecule has 6 nitrogen and oxygen atoms in total. The Morgan fingerprint density at radius 1 is 1.43 bits per heavy atom. The Hall–Kier alpha value is -1.86. The average Bonchev–Trinajstić information content (AvgIpc) is 2.90. The number of hydrogen-bond donors (Lipinski definition) is 3. The number of hydrogen-bond acceptors (Lipinski definition) is 5. The molecule has 1 aromatic heterocycles. The number of aliphatic hydroxyl groups is 1. The Bertz CT molecular complexity index is 573. The van der Waals surface area contributed by atoms with Crippen LogP contribution in [-0.2, 0) is 11.2 Å². The topological polar surface area (TPSA) is 90.9 Å². The lowest BCUT2D eigenvalue weighted by molar-refractivity contribution is -0.119. The molecule has 0 aliphatic heterocycles. The van der Waals surface area contributed by atoms with Crippen molar-refractivity contribution in [3.8, 4) is 0 Å². The number of nitrogens with one attached hydrogen (secondary N) is 2. The van der Waals surface area contributed by atoms with E-state index in [0.717, 1.165) is 11.4 Å². The molecule has 3 N–H and O–H groups in total. The first-order chi connectivity index (χ1) is 10.1. The summed E-state index contributed by atoms with van der Waals surface area (Å²) >= 11 is 1.26. The number of rotatable bonds is 7. The number of carbonyl (C=O) groups excluding carboxylic acids is 1. The lowest BCUT2D eigenvalue weighted by Gasteiger charge is -2.11. The highest BCUT2D eigenvalue weighted by Crippen LogP contribution is 2.11. The molecule has 2 aromatic rings. The van der Waals surface area contributed by atoms with Crippen molar-refractivity contribution >= 4 is 17.7 Å². The number of aromatic nitrogens is 3. The van der Waals surface area contributed by atoms with Crippen LogP contribution in [0.15, 0.2) is 35.5 Å². The summed E-state index contributed by atoms with van der Waals surface area (Å²) in [5, 5.41) is 19.8. The fraction of sp³-hybridized carbons (Fsp3) is 0.357. The van der Waals surface area contributed by atoms with Crippen molar-refractivity contribution in [1.29, 1.82) is 0 Å². The molecule has 0 saturated carbocycles. The number of amides is 1. The first kappa shape index (κ1) is 15.5. The van der Waals surface area contributed by atoms with Crippen LogP contribution < -0.4 is 5.32 Å². The summed E-state index contributed by atoms with van der Waals surface area (Å²) in [6.07, 6.45) is -0.0684. The highest BCUT2D eigenvalue weighted by molar-refractivity contribution is 7.99. The number of benzene rings is 1. The Morgan fingerprint density at radius 2 is 2.19 bits per heavy atom. The van der Waals surface area contributed by atoms with Gasteiger partial charge in [-0.1, -0.05) is 42.1 Å². The molecule has 1 atom stereocenters. The molecule has 1 heterocycles. The first-order valence-electron chi connectivity index (χ1n) is 6.64. The minimum Gasteiger partial charge on any atom is -0.391 e. The van der Waals surface area contributed by atoms with Crippen molar-refractivity contribution in [2.45, 2.75) is 24.6 Å². The third-order valence-corrected chi connectivity index (χ3v) is 3.61. The predicted molar refractivity (Wildman–Crippen MR) is 81.0 cm³/mol. The van der Waals surface area contributed by atoms with Crippen LogP contribution in [0.25, 0.3) is 0 Å². The lowest BCUT2D eigenvalue weighted by Crippen LogP contribution is -2.34. The molecule has 0 spiro atoms. The van der Waals surface area contributed by atoms with Gasteiger partial charge in [-0.2, -0.15) is 0 Å². The molecule has 0 aliphatic carbocycles. The molecule has 1 amide bonds. The van der Waals surface area contributed by atoms with Crippen molar-refractivity contribution in [1.82, 2.24) is 20.5 Å². The average molecular weight is 306 g/mol. The molecule has 21 heavy (non-hydrogen) atoms. The molecule has 1 aromatic carbocycles. The fourth-order valence-electron chi connectivity index (χ4n) is 1.76. The quantitative estimate of drug-likeness (QED) is 0.662. The minimum atomic E-state index is -0.591. The summed E-state index contributed by atoms with van der Waals surface area (Å²) in [7, 11) is 0. The fourth-order valence-corrected chi connectivity index (χ4v) is 2.43. The summed E-state index contributed by atoms with van der Waals surface area (Å²) in [5.74, 6) is 0.806. The molecular weight excluding hydrogens is 288 g/mol. The van der Waals surface area contributed by atoms with Gasteiger partial charge >= 0.3 is 0 Å². The molecule has 0 fully saturated rings. The predicted octanol–water partition coefficient (Wildman–Crippen LogP) is 0.925. The number of aryl methyl sites for hydroxylation is 1. The highest BCUT2D eigenvalue weighted by Gasteiger charge is 2.09. The van der Waals surface area contributed by atoms with E-state index >= 15 is 0 Å². The SMILES string of the molecule is Cc1nc(SCC(=O)NC[C@@H](O)Cc2ccccc2)n[nH]1. The van der Waals surface area contributed by atoms with Crippen molar-refractivity contribution < 1.29 is 9.90 Å². The van der Waals surface area contributed by atoms with Gasteiger partial charge in [-0.15, -0.1) is 5.10 Å². The van der Waals surface area contributed by atoms with E-state index < -0.39 is 6.10 Å². The van der Waals surface area contributed by atoms with Crippen molar-refractivity contribution in [3.05, 3.63) is 41.7 Å². The zero-order chi connectivity index (χ0) is 15.1. The zero-order valence-corrected chi connectivity index (χ0v) is 12.6. The molecule has 0 saturated heterocycles. The summed E-state index contributed by atoms with van der Waals surface area (Å²) in [4.78, 5) is 15.8. The van der Waals surface area contributed by atoms with Gasteiger partial charge in [0.05, 0.1) is 11.9 Å². The number of nitrogens with zero attached hydrogens (tertiary/aromatic N) is 2. The van der Waals surface area contributed by atoms with Crippen LogP contribution in [0, 0.1) is 6.92 Å². The first-order valence-corrected chi connectivity index (χ1v) is 7.62. The molecule has 0 radical (unpaired) electrons. The zero-order valence-electron chi connectivity index (χ0n) is 11.7. The summed E-state index contributed by atoms with van der Waals surface area (Å²) in [6, 6.07) is 9.69. The van der Waals surface area contributed by atoms with Crippen LogP contribution >= 0.6 is 11.8 Å². The number of H-pyrrole nitrogens is 1. The van der Waals surface area contributed by atoms with E-state index in [9.17, 15) is 9.90 Å². The van der Waals surface area contributed by atoms with E-state index in [0.29, 0.717) is 11.6 Å². The Kier molecular flexibility index (Phi) is 5.77. The second-order valence-electron chi connectivity index (χ2n) is 4.64. The smallest absolute Gasteiger partial charge is 0.230 e. The molecule has 2 rings (SSSR count). The van der Waals surface area contributed by atoms with E-state index in [-0.39, 0.29) is 18.2 Å². The van der Waals surface area contributed by atoms with Crippen LogP contribution in [0.2, 0.25) is 0 Å². The number of aliphatic hydroxyl groups excluding tert-OH is 1. The van der Waals surface area contributed by atoms with E-state index in [1.165, 1.54) is 11.8 Å². The van der Waals surface area contributed by atoms with Crippen molar-refractivity contribution in [2.75, 3.05) is 12.3 Å². The van der Waals surface area contributed by atoms with Crippen molar-refractivity contribution in [2.24, 2.45) is 0 Å². The molecule has 112 valence electrons. The lowest BCUT2D eigenvalue weighted by atomic mass is 10.1. The van der Waals surface area contributed by atoms with Gasteiger partial charge in [0.1, 0.15) is 5.82 Å². The number of aromatic amines is 1. The van der Waals surface area contributed by atoms with E-state index in [1.807, 2.05) is 30.3 Å².